The molecule has 5 nitrogen and oxygen atoms in total. The number of hydrogen-bond acceptors (Lipinski definition) is 4. The third-order valence-electron chi connectivity index (χ3n) is 3.12. The van der Waals surface area contributed by atoms with E-state index in [1.165, 1.54) is 16.3 Å². The first kappa shape index (κ1) is 17.9. The largest absolute Gasteiger partial charge is 0.385 e. The second kappa shape index (κ2) is 11.5. The minimum Gasteiger partial charge on any atom is -0.385 e. The van der Waals surface area contributed by atoms with Crippen LogP contribution in [0.5, 0.6) is 0 Å². The quantitative estimate of drug-likeness (QED) is 0.395. The van der Waals surface area contributed by atoms with Crippen LogP contribution in [0.3, 0.4) is 0 Å². The van der Waals surface area contributed by atoms with Crippen LogP contribution in [0.15, 0.2) is 11.2 Å². The van der Waals surface area contributed by atoms with Gasteiger partial charge in [-0.3, -0.25) is 4.99 Å². The van der Waals surface area contributed by atoms with Crippen LogP contribution >= 0.6 is 11.3 Å². The number of aromatic nitrogens is 1. The molecular weight excluding hydrogens is 284 g/mol. The van der Waals surface area contributed by atoms with Gasteiger partial charge in [-0.15, -0.1) is 11.3 Å². The number of aliphatic imine (C=N–C) groups is 1. The fourth-order valence-corrected chi connectivity index (χ4v) is 2.75. The van der Waals surface area contributed by atoms with E-state index in [9.17, 15) is 0 Å². The molecule has 0 radical (unpaired) electrons. The Morgan fingerprint density at radius 2 is 2.10 bits per heavy atom. The van der Waals surface area contributed by atoms with Gasteiger partial charge in [-0.2, -0.15) is 0 Å². The predicted octanol–water partition coefficient (Wildman–Crippen LogP) is 2.23. The van der Waals surface area contributed by atoms with E-state index in [2.05, 4.69) is 27.5 Å². The molecule has 0 bridgehead atoms. The van der Waals surface area contributed by atoms with Gasteiger partial charge in [0, 0.05) is 51.3 Å². The van der Waals surface area contributed by atoms with Crippen molar-refractivity contribution < 1.29 is 4.74 Å². The summed E-state index contributed by atoms with van der Waals surface area (Å²) in [6.45, 7) is 4.81. The van der Waals surface area contributed by atoms with Crippen molar-refractivity contribution in [1.29, 1.82) is 0 Å². The highest BCUT2D eigenvalue weighted by atomic mass is 32.1. The normalized spacial score (nSPS) is 11.7. The minimum absolute atomic E-state index is 0.848. The fraction of sp³-hybridized carbons (Fsp3) is 0.733. The van der Waals surface area contributed by atoms with E-state index < -0.39 is 0 Å². The van der Waals surface area contributed by atoms with Gasteiger partial charge >= 0.3 is 0 Å². The average Bonchev–Trinajstić information content (AvgIpc) is 2.97. The van der Waals surface area contributed by atoms with E-state index >= 15 is 0 Å². The lowest BCUT2D eigenvalue weighted by Crippen LogP contribution is -2.38. The first-order valence-electron chi connectivity index (χ1n) is 7.67. The maximum absolute atomic E-state index is 5.03. The van der Waals surface area contributed by atoms with E-state index in [4.69, 9.17) is 4.74 Å². The highest BCUT2D eigenvalue weighted by molar-refractivity contribution is 7.11. The van der Waals surface area contributed by atoms with Gasteiger partial charge in [-0.25, -0.2) is 4.98 Å². The highest BCUT2D eigenvalue weighted by Gasteiger charge is 2.01. The zero-order valence-corrected chi connectivity index (χ0v) is 14.3. The smallest absolute Gasteiger partial charge is 0.190 e. The standard InChI is InChI=1S/C15H28N4OS/c1-4-13-12-19-14(21-13)8-10-18-15(16-2)17-9-6-5-7-11-20-3/h12H,4-11H2,1-3H3,(H2,16,17,18). The number of unbranched alkanes of at least 4 members (excludes halogenated alkanes) is 2. The Labute approximate surface area is 132 Å². The van der Waals surface area contributed by atoms with Crippen molar-refractivity contribution in [3.8, 4) is 0 Å². The first-order valence-corrected chi connectivity index (χ1v) is 8.48. The van der Waals surface area contributed by atoms with Crippen molar-refractivity contribution in [2.75, 3.05) is 33.9 Å². The lowest BCUT2D eigenvalue weighted by molar-refractivity contribution is 0.192. The first-order chi connectivity index (χ1) is 10.3. The summed E-state index contributed by atoms with van der Waals surface area (Å²) in [6.07, 6.45) is 7.42. The van der Waals surface area contributed by atoms with Crippen LogP contribution in [0.2, 0.25) is 0 Å². The molecule has 1 aromatic rings. The van der Waals surface area contributed by atoms with E-state index in [1.807, 2.05) is 6.20 Å². The van der Waals surface area contributed by atoms with Gasteiger partial charge in [0.15, 0.2) is 5.96 Å². The number of methoxy groups -OCH3 is 1. The number of guanidine groups is 1. The summed E-state index contributed by atoms with van der Waals surface area (Å²) in [5.74, 6) is 0.869. The Morgan fingerprint density at radius 1 is 1.29 bits per heavy atom. The predicted molar refractivity (Wildman–Crippen MR) is 90.3 cm³/mol. The van der Waals surface area contributed by atoms with Crippen LogP contribution in [0.1, 0.15) is 36.1 Å². The average molecular weight is 312 g/mol. The molecule has 120 valence electrons. The maximum Gasteiger partial charge on any atom is 0.190 e. The number of nitrogens with zero attached hydrogens (tertiary/aromatic N) is 2. The van der Waals surface area contributed by atoms with Crippen LogP contribution in [0.4, 0.5) is 0 Å². The molecule has 6 heteroatoms. The molecule has 0 aliphatic carbocycles. The van der Waals surface area contributed by atoms with Crippen LogP contribution in [-0.4, -0.2) is 44.8 Å². The van der Waals surface area contributed by atoms with Crippen molar-refractivity contribution >= 4 is 17.3 Å². The second-order valence-electron chi connectivity index (χ2n) is 4.80. The summed E-state index contributed by atoms with van der Waals surface area (Å²) in [7, 11) is 3.55. The van der Waals surface area contributed by atoms with Crippen molar-refractivity contribution in [2.45, 2.75) is 39.0 Å². The Kier molecular flexibility index (Phi) is 9.82. The number of rotatable bonds is 10. The van der Waals surface area contributed by atoms with Crippen molar-refractivity contribution in [2.24, 2.45) is 4.99 Å². The molecule has 1 rings (SSSR count). The fourth-order valence-electron chi connectivity index (χ4n) is 1.89. The lowest BCUT2D eigenvalue weighted by Gasteiger charge is -2.11. The Balaban J connectivity index is 2.11. The van der Waals surface area contributed by atoms with Crippen LogP contribution in [0.25, 0.3) is 0 Å². The summed E-state index contributed by atoms with van der Waals surface area (Å²) in [6, 6.07) is 0. The molecule has 2 N–H and O–H groups in total. The molecule has 0 amide bonds. The molecule has 1 aromatic heterocycles. The number of thiazole rings is 1. The number of nitrogens with one attached hydrogen (secondary N) is 2. The van der Waals surface area contributed by atoms with Gasteiger partial charge < -0.3 is 15.4 Å². The van der Waals surface area contributed by atoms with Crippen molar-refractivity contribution in [3.05, 3.63) is 16.1 Å². The Morgan fingerprint density at radius 3 is 2.76 bits per heavy atom. The van der Waals surface area contributed by atoms with Gasteiger partial charge in [-0.05, 0) is 25.7 Å². The molecule has 0 fully saturated rings. The molecular formula is C15H28N4OS. The molecule has 0 atom stereocenters. The summed E-state index contributed by atoms with van der Waals surface area (Å²) in [5, 5.41) is 7.85. The SMILES string of the molecule is CCc1cnc(CCNC(=NC)NCCCCCOC)s1. The summed E-state index contributed by atoms with van der Waals surface area (Å²) >= 11 is 1.80. The Bertz CT molecular complexity index is 406. The van der Waals surface area contributed by atoms with E-state index in [1.54, 1.807) is 25.5 Å². The topological polar surface area (TPSA) is 58.5 Å². The zero-order chi connectivity index (χ0) is 15.3. The monoisotopic (exact) mass is 312 g/mol. The van der Waals surface area contributed by atoms with E-state index in [0.29, 0.717) is 0 Å². The molecule has 0 aliphatic heterocycles. The molecule has 21 heavy (non-hydrogen) atoms. The minimum atomic E-state index is 0.848. The summed E-state index contributed by atoms with van der Waals surface area (Å²) < 4.78 is 5.03. The van der Waals surface area contributed by atoms with Gasteiger partial charge in [0.1, 0.15) is 0 Å². The molecule has 0 saturated heterocycles. The number of hydrogen-bond donors (Lipinski definition) is 2. The molecule has 0 aliphatic rings. The molecule has 1 heterocycles. The molecule has 0 spiro atoms. The highest BCUT2D eigenvalue weighted by Crippen LogP contribution is 2.13. The van der Waals surface area contributed by atoms with Crippen molar-refractivity contribution in [1.82, 2.24) is 15.6 Å². The van der Waals surface area contributed by atoms with Crippen LogP contribution < -0.4 is 10.6 Å². The van der Waals surface area contributed by atoms with Crippen molar-refractivity contribution in [3.63, 3.8) is 0 Å². The third kappa shape index (κ3) is 8.02. The van der Waals surface area contributed by atoms with E-state index in [0.717, 1.165) is 51.3 Å². The van der Waals surface area contributed by atoms with Gasteiger partial charge in [-0.1, -0.05) is 6.92 Å². The molecule has 0 aromatic carbocycles. The van der Waals surface area contributed by atoms with Gasteiger partial charge in [0.25, 0.3) is 0 Å². The molecule has 0 unspecified atom stereocenters. The third-order valence-corrected chi connectivity index (χ3v) is 4.32. The summed E-state index contributed by atoms with van der Waals surface area (Å²) in [5.41, 5.74) is 0. The van der Waals surface area contributed by atoms with Gasteiger partial charge in [0.05, 0.1) is 5.01 Å². The lowest BCUT2D eigenvalue weighted by atomic mass is 10.2. The second-order valence-corrected chi connectivity index (χ2v) is 6.00. The summed E-state index contributed by atoms with van der Waals surface area (Å²) in [4.78, 5) is 10.00. The molecule has 0 saturated carbocycles. The maximum atomic E-state index is 5.03. The van der Waals surface area contributed by atoms with E-state index in [-0.39, 0.29) is 0 Å². The zero-order valence-electron chi connectivity index (χ0n) is 13.4. The number of aryl methyl sites for hydroxylation is 1. The van der Waals surface area contributed by atoms with Gasteiger partial charge in [0.2, 0.25) is 0 Å². The van der Waals surface area contributed by atoms with Crippen LogP contribution in [-0.2, 0) is 17.6 Å². The van der Waals surface area contributed by atoms with Crippen LogP contribution in [0, 0.1) is 0 Å². The number of ether oxygens (including phenoxy) is 1. The Hall–Kier alpha value is -1.14.